The van der Waals surface area contributed by atoms with Crippen molar-refractivity contribution in [2.45, 2.75) is 24.0 Å². The molecule has 1 aliphatic rings. The number of hydrogen-bond donors (Lipinski definition) is 1. The number of hydrogen-bond acceptors (Lipinski definition) is 4. The number of aryl methyl sites for hydroxylation is 1. The van der Waals surface area contributed by atoms with Crippen molar-refractivity contribution in [2.24, 2.45) is 0 Å². The molecule has 3 nitrogen and oxygen atoms in total. The number of rotatable bonds is 3. The number of sulfone groups is 1. The number of aliphatic hydroxyl groups excluding tert-OH is 1. The normalized spacial score (nSPS) is 27.2. The molecule has 5 heteroatoms. The van der Waals surface area contributed by atoms with E-state index in [2.05, 4.69) is 6.07 Å². The van der Waals surface area contributed by atoms with Gasteiger partial charge in [-0.2, -0.15) is 0 Å². The highest BCUT2D eigenvalue weighted by Gasteiger charge is 2.36. The molecule has 94 valence electrons. The molecule has 1 N–H and O–H groups in total. The number of aliphatic hydroxyl groups is 1. The molecule has 1 fully saturated rings. The molecule has 0 aromatic heterocycles. The lowest BCUT2D eigenvalue weighted by Gasteiger charge is -2.12. The van der Waals surface area contributed by atoms with Gasteiger partial charge >= 0.3 is 0 Å². The van der Waals surface area contributed by atoms with E-state index < -0.39 is 15.9 Å². The van der Waals surface area contributed by atoms with Crippen molar-refractivity contribution in [3.05, 3.63) is 35.4 Å². The van der Waals surface area contributed by atoms with Crippen LogP contribution in [0.2, 0.25) is 0 Å². The average molecular weight is 272 g/mol. The summed E-state index contributed by atoms with van der Waals surface area (Å²) in [7, 11) is -3.03. The van der Waals surface area contributed by atoms with Crippen LogP contribution in [0.3, 0.4) is 0 Å². The summed E-state index contributed by atoms with van der Waals surface area (Å²) in [5.74, 6) is 0.766. The van der Waals surface area contributed by atoms with E-state index in [4.69, 9.17) is 0 Å². The molecule has 0 spiro atoms. The second kappa shape index (κ2) is 5.00. The molecule has 0 saturated carbocycles. The van der Waals surface area contributed by atoms with Gasteiger partial charge in [0.25, 0.3) is 0 Å². The van der Waals surface area contributed by atoms with Crippen LogP contribution in [-0.2, 0) is 15.6 Å². The zero-order chi connectivity index (χ0) is 12.5. The van der Waals surface area contributed by atoms with Gasteiger partial charge in [-0.25, -0.2) is 8.42 Å². The van der Waals surface area contributed by atoms with Crippen LogP contribution in [0.5, 0.6) is 0 Å². The maximum Gasteiger partial charge on any atom is 0.154 e. The lowest BCUT2D eigenvalue weighted by atomic mass is 10.2. The first-order valence-electron chi connectivity index (χ1n) is 5.52. The number of benzene rings is 1. The first kappa shape index (κ1) is 12.9. The fourth-order valence-electron chi connectivity index (χ4n) is 1.96. The molecule has 0 amide bonds. The maximum absolute atomic E-state index is 11.3. The van der Waals surface area contributed by atoms with Gasteiger partial charge < -0.3 is 5.11 Å². The highest BCUT2D eigenvalue weighted by atomic mass is 32.2. The highest BCUT2D eigenvalue weighted by molar-refractivity contribution is 8.01. The molecule has 1 aromatic carbocycles. The first-order valence-corrected chi connectivity index (χ1v) is 8.39. The Balaban J connectivity index is 1.95. The lowest BCUT2D eigenvalue weighted by Crippen LogP contribution is -2.20. The summed E-state index contributed by atoms with van der Waals surface area (Å²) < 4.78 is 22.7. The predicted molar refractivity (Wildman–Crippen MR) is 70.9 cm³/mol. The molecule has 2 unspecified atom stereocenters. The van der Waals surface area contributed by atoms with Crippen molar-refractivity contribution in [1.29, 1.82) is 0 Å². The Morgan fingerprint density at radius 3 is 2.76 bits per heavy atom. The summed E-state index contributed by atoms with van der Waals surface area (Å²) >= 11 is 1.53. The number of thioether (sulfide) groups is 1. The molecule has 17 heavy (non-hydrogen) atoms. The van der Waals surface area contributed by atoms with Crippen LogP contribution >= 0.6 is 11.8 Å². The van der Waals surface area contributed by atoms with Crippen LogP contribution in [0, 0.1) is 6.92 Å². The second-order valence-corrected chi connectivity index (χ2v) is 7.86. The largest absolute Gasteiger partial charge is 0.391 e. The monoisotopic (exact) mass is 272 g/mol. The Morgan fingerprint density at radius 1 is 1.41 bits per heavy atom. The van der Waals surface area contributed by atoms with E-state index >= 15 is 0 Å². The van der Waals surface area contributed by atoms with Gasteiger partial charge in [0.1, 0.15) is 0 Å². The van der Waals surface area contributed by atoms with Gasteiger partial charge in [0.2, 0.25) is 0 Å². The second-order valence-electron chi connectivity index (χ2n) is 4.48. The molecule has 1 saturated heterocycles. The minimum absolute atomic E-state index is 0.0848. The Kier molecular flexibility index (Phi) is 3.80. The molecule has 1 aromatic rings. The summed E-state index contributed by atoms with van der Waals surface area (Å²) in [4.78, 5) is 0. The fraction of sp³-hybridized carbons (Fsp3) is 0.500. The summed E-state index contributed by atoms with van der Waals surface area (Å²) in [6, 6.07) is 8.13. The Morgan fingerprint density at radius 2 is 2.18 bits per heavy atom. The Bertz CT molecular complexity index is 496. The third-order valence-corrected chi connectivity index (χ3v) is 6.15. The van der Waals surface area contributed by atoms with Crippen LogP contribution in [-0.4, -0.2) is 36.4 Å². The highest BCUT2D eigenvalue weighted by Crippen LogP contribution is 2.27. The molecule has 0 aliphatic carbocycles. The smallest absolute Gasteiger partial charge is 0.154 e. The standard InChI is InChI=1S/C12H16O3S2/c1-9-3-2-4-10(5-9)6-16-12-8-17(14,15)7-11(12)13/h2-5,11-13H,6-8H2,1H3. The van der Waals surface area contributed by atoms with E-state index in [1.165, 1.54) is 22.9 Å². The summed E-state index contributed by atoms with van der Waals surface area (Å²) in [6.45, 7) is 2.03. The molecule has 0 radical (unpaired) electrons. The summed E-state index contributed by atoms with van der Waals surface area (Å²) in [5, 5.41) is 9.48. The Hall–Kier alpha value is -0.520. The van der Waals surface area contributed by atoms with Crippen molar-refractivity contribution in [1.82, 2.24) is 0 Å². The molecule has 2 rings (SSSR count). The lowest BCUT2D eigenvalue weighted by molar-refractivity contribution is 0.207. The van der Waals surface area contributed by atoms with Crippen molar-refractivity contribution in [3.63, 3.8) is 0 Å². The average Bonchev–Trinajstić information content (AvgIpc) is 2.49. The third kappa shape index (κ3) is 3.47. The van der Waals surface area contributed by atoms with Crippen LogP contribution in [0.15, 0.2) is 24.3 Å². The van der Waals surface area contributed by atoms with Gasteiger partial charge in [-0.1, -0.05) is 29.8 Å². The van der Waals surface area contributed by atoms with E-state index in [1.54, 1.807) is 0 Å². The van der Waals surface area contributed by atoms with E-state index in [0.717, 1.165) is 5.75 Å². The zero-order valence-corrected chi connectivity index (χ0v) is 11.3. The van der Waals surface area contributed by atoms with Gasteiger partial charge in [0.15, 0.2) is 9.84 Å². The topological polar surface area (TPSA) is 54.4 Å². The predicted octanol–water partition coefficient (Wildman–Crippen LogP) is 1.39. The molecular weight excluding hydrogens is 256 g/mol. The van der Waals surface area contributed by atoms with Crippen LogP contribution in [0.4, 0.5) is 0 Å². The van der Waals surface area contributed by atoms with Gasteiger partial charge in [-0.05, 0) is 12.5 Å². The molecule has 1 heterocycles. The van der Waals surface area contributed by atoms with Gasteiger partial charge in [-0.3, -0.25) is 0 Å². The van der Waals surface area contributed by atoms with Crippen molar-refractivity contribution in [3.8, 4) is 0 Å². The maximum atomic E-state index is 11.3. The van der Waals surface area contributed by atoms with Crippen LogP contribution < -0.4 is 0 Å². The molecule has 1 aliphatic heterocycles. The van der Waals surface area contributed by atoms with Crippen LogP contribution in [0.25, 0.3) is 0 Å². The third-order valence-electron chi connectivity index (χ3n) is 2.82. The quantitative estimate of drug-likeness (QED) is 0.903. The van der Waals surface area contributed by atoms with E-state index in [0.29, 0.717) is 0 Å². The Labute approximate surface area is 106 Å². The van der Waals surface area contributed by atoms with E-state index in [-0.39, 0.29) is 16.8 Å². The van der Waals surface area contributed by atoms with E-state index in [1.807, 2.05) is 25.1 Å². The minimum Gasteiger partial charge on any atom is -0.391 e. The fourth-order valence-corrected chi connectivity index (χ4v) is 5.61. The van der Waals surface area contributed by atoms with Gasteiger partial charge in [0, 0.05) is 11.0 Å². The van der Waals surface area contributed by atoms with Crippen LogP contribution in [0.1, 0.15) is 11.1 Å². The van der Waals surface area contributed by atoms with Crippen molar-refractivity contribution >= 4 is 21.6 Å². The SMILES string of the molecule is Cc1cccc(CSC2CS(=O)(=O)CC2O)c1. The van der Waals surface area contributed by atoms with Crippen molar-refractivity contribution in [2.75, 3.05) is 11.5 Å². The molecular formula is C12H16O3S2. The van der Waals surface area contributed by atoms with Gasteiger partial charge in [-0.15, -0.1) is 11.8 Å². The molecule has 0 bridgehead atoms. The zero-order valence-electron chi connectivity index (χ0n) is 9.67. The van der Waals surface area contributed by atoms with Crippen molar-refractivity contribution < 1.29 is 13.5 Å². The molecule has 2 atom stereocenters. The van der Waals surface area contributed by atoms with Gasteiger partial charge in [0.05, 0.1) is 17.6 Å². The summed E-state index contributed by atoms with van der Waals surface area (Å²) in [6.07, 6.45) is -0.713. The van der Waals surface area contributed by atoms with E-state index in [9.17, 15) is 13.5 Å². The summed E-state index contributed by atoms with van der Waals surface area (Å²) in [5.41, 5.74) is 2.37. The first-order chi connectivity index (χ1) is 7.96. The minimum atomic E-state index is -3.03.